The number of aliphatic carboxylic acids is 1. The van der Waals surface area contributed by atoms with E-state index in [4.69, 9.17) is 5.11 Å². The molecule has 1 atom stereocenters. The number of carboxylic acids is 1. The van der Waals surface area contributed by atoms with Crippen LogP contribution in [-0.2, 0) is 11.2 Å². The highest BCUT2D eigenvalue weighted by Crippen LogP contribution is 2.19. The number of carbonyl (C=O) groups is 2. The van der Waals surface area contributed by atoms with Gasteiger partial charge in [0.15, 0.2) is 5.82 Å². The van der Waals surface area contributed by atoms with Gasteiger partial charge in [-0.15, -0.1) is 11.3 Å². The number of aromatic amines is 1. The number of carboxylic acid groups (broad SMARTS) is 1. The molecule has 3 aromatic rings. The third-order valence-electron chi connectivity index (χ3n) is 3.20. The second kappa shape index (κ2) is 6.13. The first-order chi connectivity index (χ1) is 11.0. The SMILES string of the molecule is C[C@H](NC(=O)c1ccc2scnc2c1)c1n[nH]c(CC(=O)O)n1. The Morgan fingerprint density at radius 2 is 2.26 bits per heavy atom. The summed E-state index contributed by atoms with van der Waals surface area (Å²) >= 11 is 1.51. The maximum Gasteiger partial charge on any atom is 0.311 e. The fraction of sp³-hybridized carbons (Fsp3) is 0.214. The van der Waals surface area contributed by atoms with Crippen molar-refractivity contribution in [2.75, 3.05) is 0 Å². The average Bonchev–Trinajstić information content (AvgIpc) is 3.14. The zero-order valence-electron chi connectivity index (χ0n) is 12.1. The second-order valence-electron chi connectivity index (χ2n) is 4.94. The first kappa shape index (κ1) is 15.1. The van der Waals surface area contributed by atoms with Gasteiger partial charge < -0.3 is 10.4 Å². The molecule has 0 bridgehead atoms. The van der Waals surface area contributed by atoms with Crippen molar-refractivity contribution in [3.63, 3.8) is 0 Å². The number of carbonyl (C=O) groups excluding carboxylic acids is 1. The molecule has 0 saturated carbocycles. The molecular weight excluding hydrogens is 318 g/mol. The molecule has 2 aromatic heterocycles. The van der Waals surface area contributed by atoms with Crippen molar-refractivity contribution < 1.29 is 14.7 Å². The van der Waals surface area contributed by atoms with Crippen LogP contribution in [0.25, 0.3) is 10.2 Å². The van der Waals surface area contributed by atoms with E-state index in [0.29, 0.717) is 11.4 Å². The van der Waals surface area contributed by atoms with Crippen molar-refractivity contribution in [3.05, 3.63) is 40.9 Å². The summed E-state index contributed by atoms with van der Waals surface area (Å²) in [7, 11) is 0. The van der Waals surface area contributed by atoms with Gasteiger partial charge in [0.1, 0.15) is 12.2 Å². The predicted octanol–water partition coefficient (Wildman–Crippen LogP) is 1.53. The molecule has 0 unspecified atom stereocenters. The summed E-state index contributed by atoms with van der Waals surface area (Å²) in [6, 6.07) is 4.86. The largest absolute Gasteiger partial charge is 0.481 e. The quantitative estimate of drug-likeness (QED) is 0.652. The lowest BCUT2D eigenvalue weighted by atomic mass is 10.2. The van der Waals surface area contributed by atoms with Crippen molar-refractivity contribution in [1.29, 1.82) is 0 Å². The van der Waals surface area contributed by atoms with Gasteiger partial charge in [0.25, 0.3) is 5.91 Å². The highest BCUT2D eigenvalue weighted by atomic mass is 32.1. The number of aromatic nitrogens is 4. The van der Waals surface area contributed by atoms with Gasteiger partial charge in [-0.1, -0.05) is 0 Å². The molecule has 9 heteroatoms. The predicted molar refractivity (Wildman–Crippen MR) is 83.2 cm³/mol. The Balaban J connectivity index is 1.71. The van der Waals surface area contributed by atoms with Crippen LogP contribution in [0.1, 0.15) is 35.0 Å². The molecular formula is C14H13N5O3S. The maximum atomic E-state index is 12.3. The fourth-order valence-electron chi connectivity index (χ4n) is 2.07. The number of benzene rings is 1. The first-order valence-electron chi connectivity index (χ1n) is 6.80. The van der Waals surface area contributed by atoms with E-state index >= 15 is 0 Å². The van der Waals surface area contributed by atoms with Gasteiger partial charge in [-0.3, -0.25) is 14.7 Å². The standard InChI is InChI=1S/C14H13N5O3S/c1-7(13-17-11(18-19-13)5-12(20)21)16-14(22)8-2-3-10-9(4-8)15-6-23-10/h2-4,6-7H,5H2,1H3,(H,16,22)(H,20,21)(H,17,18,19)/t7-/m0/s1. The highest BCUT2D eigenvalue weighted by Gasteiger charge is 2.17. The molecule has 8 nitrogen and oxygen atoms in total. The average molecular weight is 331 g/mol. The Morgan fingerprint density at radius 1 is 1.43 bits per heavy atom. The first-order valence-corrected chi connectivity index (χ1v) is 7.68. The Hall–Kier alpha value is -2.81. The van der Waals surface area contributed by atoms with E-state index in [1.165, 1.54) is 11.3 Å². The summed E-state index contributed by atoms with van der Waals surface area (Å²) in [5, 5.41) is 18.0. The van der Waals surface area contributed by atoms with Crippen LogP contribution in [-0.4, -0.2) is 37.1 Å². The number of hydrogen-bond acceptors (Lipinski definition) is 6. The minimum absolute atomic E-state index is 0.242. The summed E-state index contributed by atoms with van der Waals surface area (Å²) in [4.78, 5) is 31.2. The highest BCUT2D eigenvalue weighted by molar-refractivity contribution is 7.16. The molecule has 0 saturated heterocycles. The van der Waals surface area contributed by atoms with E-state index in [0.717, 1.165) is 10.2 Å². The van der Waals surface area contributed by atoms with Crippen LogP contribution < -0.4 is 5.32 Å². The molecule has 3 N–H and O–H groups in total. The number of thiazole rings is 1. The Labute approximate surface area is 134 Å². The molecule has 0 aliphatic heterocycles. The van der Waals surface area contributed by atoms with E-state index in [1.807, 2.05) is 6.07 Å². The van der Waals surface area contributed by atoms with Crippen LogP contribution in [0, 0.1) is 0 Å². The molecule has 0 aliphatic rings. The molecule has 3 rings (SSSR count). The number of hydrogen-bond donors (Lipinski definition) is 3. The Morgan fingerprint density at radius 3 is 3.04 bits per heavy atom. The molecule has 1 amide bonds. The van der Waals surface area contributed by atoms with E-state index in [1.54, 1.807) is 24.6 Å². The van der Waals surface area contributed by atoms with E-state index in [9.17, 15) is 9.59 Å². The number of nitrogens with one attached hydrogen (secondary N) is 2. The summed E-state index contributed by atoms with van der Waals surface area (Å²) in [6.07, 6.45) is -0.242. The smallest absolute Gasteiger partial charge is 0.311 e. The molecule has 0 aliphatic carbocycles. The van der Waals surface area contributed by atoms with E-state index in [2.05, 4.69) is 25.5 Å². The number of amides is 1. The molecule has 2 heterocycles. The van der Waals surface area contributed by atoms with Gasteiger partial charge in [-0.05, 0) is 25.1 Å². The third kappa shape index (κ3) is 3.34. The summed E-state index contributed by atoms with van der Waals surface area (Å²) < 4.78 is 1.02. The normalized spacial score (nSPS) is 12.2. The van der Waals surface area contributed by atoms with Crippen LogP contribution in [0.15, 0.2) is 23.7 Å². The molecule has 0 fully saturated rings. The number of fused-ring (bicyclic) bond motifs is 1. The van der Waals surface area contributed by atoms with Gasteiger partial charge in [0.05, 0.1) is 21.8 Å². The number of nitrogens with zero attached hydrogens (tertiary/aromatic N) is 3. The molecule has 118 valence electrons. The molecule has 23 heavy (non-hydrogen) atoms. The molecule has 0 spiro atoms. The van der Waals surface area contributed by atoms with Crippen LogP contribution in [0.3, 0.4) is 0 Å². The van der Waals surface area contributed by atoms with Crippen LogP contribution in [0.2, 0.25) is 0 Å². The lowest BCUT2D eigenvalue weighted by Gasteiger charge is -2.10. The van der Waals surface area contributed by atoms with Crippen LogP contribution >= 0.6 is 11.3 Å². The van der Waals surface area contributed by atoms with Crippen molar-refractivity contribution in [2.45, 2.75) is 19.4 Å². The van der Waals surface area contributed by atoms with Gasteiger partial charge in [-0.25, -0.2) is 9.97 Å². The van der Waals surface area contributed by atoms with Crippen molar-refractivity contribution in [2.24, 2.45) is 0 Å². The van der Waals surface area contributed by atoms with Crippen molar-refractivity contribution in [1.82, 2.24) is 25.5 Å². The van der Waals surface area contributed by atoms with Gasteiger partial charge in [-0.2, -0.15) is 5.10 Å². The number of H-pyrrole nitrogens is 1. The minimum Gasteiger partial charge on any atom is -0.481 e. The van der Waals surface area contributed by atoms with Crippen LogP contribution in [0.5, 0.6) is 0 Å². The van der Waals surface area contributed by atoms with E-state index < -0.39 is 12.0 Å². The minimum atomic E-state index is -0.999. The zero-order valence-corrected chi connectivity index (χ0v) is 12.9. The Bertz CT molecular complexity index is 872. The molecule has 1 aromatic carbocycles. The van der Waals surface area contributed by atoms with Crippen molar-refractivity contribution >= 4 is 33.4 Å². The van der Waals surface area contributed by atoms with Gasteiger partial charge >= 0.3 is 5.97 Å². The summed E-state index contributed by atoms with van der Waals surface area (Å²) in [5.74, 6) is -0.681. The summed E-state index contributed by atoms with van der Waals surface area (Å²) in [6.45, 7) is 1.73. The third-order valence-corrected chi connectivity index (χ3v) is 4.01. The van der Waals surface area contributed by atoms with Crippen LogP contribution in [0.4, 0.5) is 0 Å². The number of rotatable bonds is 5. The van der Waals surface area contributed by atoms with E-state index in [-0.39, 0.29) is 18.2 Å². The fourth-order valence-corrected chi connectivity index (χ4v) is 2.73. The topological polar surface area (TPSA) is 121 Å². The lowest BCUT2D eigenvalue weighted by Crippen LogP contribution is -2.27. The van der Waals surface area contributed by atoms with Gasteiger partial charge in [0.2, 0.25) is 0 Å². The van der Waals surface area contributed by atoms with Gasteiger partial charge in [0, 0.05) is 5.56 Å². The summed E-state index contributed by atoms with van der Waals surface area (Å²) in [5.41, 5.74) is 3.00. The molecule has 0 radical (unpaired) electrons. The monoisotopic (exact) mass is 331 g/mol. The van der Waals surface area contributed by atoms with Crippen molar-refractivity contribution in [3.8, 4) is 0 Å². The Kier molecular flexibility index (Phi) is 4.02. The lowest BCUT2D eigenvalue weighted by molar-refractivity contribution is -0.136. The zero-order chi connectivity index (χ0) is 16.4. The maximum absolute atomic E-state index is 12.3. The second-order valence-corrected chi connectivity index (χ2v) is 5.83.